The molecule has 0 aliphatic heterocycles. The number of rotatable bonds is 6. The van der Waals surface area contributed by atoms with Crippen LogP contribution in [0.4, 0.5) is 17.1 Å². The lowest BCUT2D eigenvalue weighted by Gasteiger charge is -2.28. The van der Waals surface area contributed by atoms with Gasteiger partial charge in [0.2, 0.25) is 0 Å². The Balaban J connectivity index is 0.853. The minimum atomic E-state index is -0.242. The second-order valence-electron chi connectivity index (χ2n) is 18.5. The molecule has 316 valence electrons. The molecule has 3 aromatic heterocycles. The normalized spacial score (nSPS) is 13.0. The van der Waals surface area contributed by atoms with Crippen molar-refractivity contribution in [2.75, 3.05) is 4.90 Å². The van der Waals surface area contributed by atoms with Crippen molar-refractivity contribution in [2.24, 2.45) is 0 Å². The highest BCUT2D eigenvalue weighted by molar-refractivity contribution is 6.08. The summed E-state index contributed by atoms with van der Waals surface area (Å²) in [4.78, 5) is 2.39. The van der Waals surface area contributed by atoms with Gasteiger partial charge in [0.25, 0.3) is 0 Å². The molecule has 0 saturated carbocycles. The molecule has 4 nitrogen and oxygen atoms in total. The van der Waals surface area contributed by atoms with Crippen molar-refractivity contribution in [3.63, 3.8) is 0 Å². The molecule has 1 aliphatic rings. The highest BCUT2D eigenvalue weighted by Crippen LogP contribution is 2.52. The van der Waals surface area contributed by atoms with Gasteiger partial charge in [0.1, 0.15) is 33.5 Å². The van der Waals surface area contributed by atoms with Gasteiger partial charge in [-0.05, 0) is 153 Å². The first-order valence-electron chi connectivity index (χ1n) is 23.0. The smallest absolute Gasteiger partial charge is 0.135 e. The van der Waals surface area contributed by atoms with E-state index in [0.717, 1.165) is 105 Å². The second kappa shape index (κ2) is 14.2. The third kappa shape index (κ3) is 5.86. The zero-order valence-corrected chi connectivity index (χ0v) is 36.9. The molecule has 0 amide bonds. The maximum atomic E-state index is 6.18. The first kappa shape index (κ1) is 37.7. The van der Waals surface area contributed by atoms with Gasteiger partial charge in [-0.3, -0.25) is 0 Å². The van der Waals surface area contributed by atoms with E-state index < -0.39 is 0 Å². The molecule has 67 heavy (non-hydrogen) atoms. The van der Waals surface area contributed by atoms with Gasteiger partial charge in [0.05, 0.1) is 0 Å². The van der Waals surface area contributed by atoms with E-state index in [1.165, 1.54) is 33.4 Å². The molecule has 0 saturated heterocycles. The number of furan rings is 3. The fraction of sp³-hybridized carbons (Fsp3) is 0.0476. The molecular weight excluding hydrogens is 819 g/mol. The SMILES string of the molecule is CC1(C)c2cc(-c3ccc4oc5ccccc5c4c3)ccc2-c2ccc(N(c3ccc(-c4ccc5oc6ccccc6c5c4)cc3)c3ccc(-c4ccc5oc6ccccc6c5c4)cc3)cc21. The van der Waals surface area contributed by atoms with Crippen LogP contribution in [0.25, 0.3) is 110 Å². The standard InChI is InChI=1S/C63H41NO3/c1-63(2)55-36-43(42-22-32-62-54(35-42)51-11-5-8-14-59(51)67-62)19-28-47(55)48-29-27-46(37-56(48)63)64(44-23-15-38(16-24-44)40-20-30-60-52(33-40)49-9-3-6-12-57(49)65-60)45-25-17-39(18-26-45)41-21-31-61-53(34-41)50-10-4-7-13-58(50)66-61/h3-37H,1-2H3. The number of fused-ring (bicyclic) bond motifs is 12. The predicted molar refractivity (Wildman–Crippen MR) is 277 cm³/mol. The first-order valence-corrected chi connectivity index (χ1v) is 23.0. The van der Waals surface area contributed by atoms with Crippen LogP contribution in [-0.2, 0) is 5.41 Å². The largest absolute Gasteiger partial charge is 0.456 e. The Morgan fingerprint density at radius 1 is 0.284 bits per heavy atom. The van der Waals surface area contributed by atoms with Gasteiger partial charge in [-0.1, -0.05) is 129 Å². The second-order valence-corrected chi connectivity index (χ2v) is 18.5. The number of nitrogens with zero attached hydrogens (tertiary/aromatic N) is 1. The van der Waals surface area contributed by atoms with Crippen molar-refractivity contribution in [3.05, 3.63) is 223 Å². The van der Waals surface area contributed by atoms with Crippen LogP contribution in [0.1, 0.15) is 25.0 Å². The Bertz CT molecular complexity index is 3970. The van der Waals surface area contributed by atoms with Crippen molar-refractivity contribution < 1.29 is 13.3 Å². The van der Waals surface area contributed by atoms with E-state index in [-0.39, 0.29) is 5.41 Å². The van der Waals surface area contributed by atoms with Gasteiger partial charge < -0.3 is 18.2 Å². The van der Waals surface area contributed by atoms with Crippen LogP contribution in [0, 0.1) is 0 Å². The minimum Gasteiger partial charge on any atom is -0.456 e. The van der Waals surface area contributed by atoms with Crippen molar-refractivity contribution in [3.8, 4) is 44.5 Å². The fourth-order valence-corrected chi connectivity index (χ4v) is 10.8. The van der Waals surface area contributed by atoms with E-state index in [0.29, 0.717) is 0 Å². The molecule has 10 aromatic carbocycles. The van der Waals surface area contributed by atoms with Crippen LogP contribution in [0.3, 0.4) is 0 Å². The van der Waals surface area contributed by atoms with Gasteiger partial charge in [-0.15, -0.1) is 0 Å². The molecular formula is C63H41NO3. The fourth-order valence-electron chi connectivity index (χ4n) is 10.8. The monoisotopic (exact) mass is 859 g/mol. The highest BCUT2D eigenvalue weighted by atomic mass is 16.3. The Morgan fingerprint density at radius 3 is 1.07 bits per heavy atom. The molecule has 3 heterocycles. The van der Waals surface area contributed by atoms with Crippen molar-refractivity contribution in [1.29, 1.82) is 0 Å². The van der Waals surface area contributed by atoms with Crippen LogP contribution >= 0.6 is 0 Å². The van der Waals surface area contributed by atoms with Gasteiger partial charge in [0.15, 0.2) is 0 Å². The zero-order valence-electron chi connectivity index (χ0n) is 36.9. The first-order chi connectivity index (χ1) is 32.9. The molecule has 13 aromatic rings. The van der Waals surface area contributed by atoms with E-state index >= 15 is 0 Å². The predicted octanol–water partition coefficient (Wildman–Crippen LogP) is 18.2. The lowest BCUT2D eigenvalue weighted by molar-refractivity contribution is 0.660. The van der Waals surface area contributed by atoms with Crippen molar-refractivity contribution >= 4 is 82.9 Å². The third-order valence-corrected chi connectivity index (χ3v) is 14.3. The van der Waals surface area contributed by atoms with Gasteiger partial charge in [-0.2, -0.15) is 0 Å². The van der Waals surface area contributed by atoms with Crippen molar-refractivity contribution in [2.45, 2.75) is 19.3 Å². The van der Waals surface area contributed by atoms with E-state index in [2.05, 4.69) is 195 Å². The maximum absolute atomic E-state index is 6.18. The molecule has 0 unspecified atom stereocenters. The van der Waals surface area contributed by atoms with Crippen LogP contribution < -0.4 is 4.90 Å². The summed E-state index contributed by atoms with van der Waals surface area (Å²) in [6.45, 7) is 4.73. The quantitative estimate of drug-likeness (QED) is 0.167. The highest BCUT2D eigenvalue weighted by Gasteiger charge is 2.36. The van der Waals surface area contributed by atoms with Crippen LogP contribution in [0.2, 0.25) is 0 Å². The summed E-state index contributed by atoms with van der Waals surface area (Å²) in [5, 5.41) is 6.80. The molecule has 0 fully saturated rings. The summed E-state index contributed by atoms with van der Waals surface area (Å²) in [5.74, 6) is 0. The number of benzene rings is 10. The van der Waals surface area contributed by atoms with Gasteiger partial charge in [0, 0.05) is 54.8 Å². The maximum Gasteiger partial charge on any atom is 0.135 e. The van der Waals surface area contributed by atoms with Crippen LogP contribution in [0.15, 0.2) is 226 Å². The summed E-state index contributed by atoms with van der Waals surface area (Å²) >= 11 is 0. The number of hydrogen-bond acceptors (Lipinski definition) is 4. The number of anilines is 3. The zero-order chi connectivity index (χ0) is 44.4. The number of hydrogen-bond donors (Lipinski definition) is 0. The summed E-state index contributed by atoms with van der Waals surface area (Å²) in [6.07, 6.45) is 0. The Labute approximate surface area is 386 Å². The average Bonchev–Trinajstić information content (AvgIpc) is 4.12. The number of para-hydroxylation sites is 3. The third-order valence-electron chi connectivity index (χ3n) is 14.3. The van der Waals surface area contributed by atoms with Gasteiger partial charge >= 0.3 is 0 Å². The van der Waals surface area contributed by atoms with Crippen LogP contribution in [-0.4, -0.2) is 0 Å². The molecule has 0 spiro atoms. The molecule has 0 atom stereocenters. The van der Waals surface area contributed by atoms with Crippen molar-refractivity contribution in [1.82, 2.24) is 0 Å². The molecule has 14 rings (SSSR count). The molecule has 1 aliphatic carbocycles. The summed E-state index contributed by atoms with van der Waals surface area (Å²) in [7, 11) is 0. The Kier molecular flexibility index (Phi) is 8.00. The summed E-state index contributed by atoms with van der Waals surface area (Å²) < 4.78 is 18.5. The lowest BCUT2D eigenvalue weighted by Crippen LogP contribution is -2.16. The average molecular weight is 860 g/mol. The Morgan fingerprint density at radius 2 is 0.612 bits per heavy atom. The summed E-state index contributed by atoms with van der Waals surface area (Å²) in [5.41, 5.74) is 20.7. The molecule has 4 heteroatoms. The topological polar surface area (TPSA) is 42.7 Å². The lowest BCUT2D eigenvalue weighted by atomic mass is 9.81. The van der Waals surface area contributed by atoms with Crippen LogP contribution in [0.5, 0.6) is 0 Å². The van der Waals surface area contributed by atoms with E-state index in [1.54, 1.807) is 0 Å². The van der Waals surface area contributed by atoms with E-state index in [9.17, 15) is 0 Å². The molecule has 0 bridgehead atoms. The molecule has 0 N–H and O–H groups in total. The summed E-state index contributed by atoms with van der Waals surface area (Å²) in [6, 6.07) is 76.3. The van der Waals surface area contributed by atoms with E-state index in [4.69, 9.17) is 13.3 Å². The van der Waals surface area contributed by atoms with E-state index in [1.807, 2.05) is 36.4 Å². The van der Waals surface area contributed by atoms with Gasteiger partial charge in [-0.25, -0.2) is 0 Å². The Hall–Kier alpha value is -8.60. The molecule has 0 radical (unpaired) electrons. The minimum absolute atomic E-state index is 0.242.